The number of β-amino-alcohol motifs (C(OH)–C–C–N with tert-alkyl or cyclic N) is 1. The van der Waals surface area contributed by atoms with E-state index < -0.39 is 6.10 Å². The number of aliphatic hydroxyl groups is 1. The summed E-state index contributed by atoms with van der Waals surface area (Å²) in [6.07, 6.45) is 1.85. The van der Waals surface area contributed by atoms with Crippen molar-refractivity contribution in [3.63, 3.8) is 0 Å². The van der Waals surface area contributed by atoms with E-state index in [-0.39, 0.29) is 5.91 Å². The first-order valence-electron chi connectivity index (χ1n) is 9.28. The number of likely N-dealkylation sites (tertiary alicyclic amines) is 1. The summed E-state index contributed by atoms with van der Waals surface area (Å²) in [5, 5.41) is 9.63. The van der Waals surface area contributed by atoms with E-state index in [1.165, 1.54) is 0 Å². The van der Waals surface area contributed by atoms with E-state index in [4.69, 9.17) is 5.73 Å². The molecule has 1 amide bonds. The summed E-state index contributed by atoms with van der Waals surface area (Å²) >= 11 is 0. The Morgan fingerprint density at radius 1 is 1.11 bits per heavy atom. The van der Waals surface area contributed by atoms with Gasteiger partial charge in [-0.25, -0.2) is 9.97 Å². The maximum Gasteiger partial charge on any atom is 0.253 e. The molecule has 0 radical (unpaired) electrons. The SMILES string of the molecule is Cc1ccc(-c2nc(-c3ccc(C(=O)N4CC[C@@H](O)C4)cc3)cnc2N)cc1. The summed E-state index contributed by atoms with van der Waals surface area (Å²) in [5.74, 6) is 0.318. The van der Waals surface area contributed by atoms with Crippen LogP contribution in [0.25, 0.3) is 22.5 Å². The zero-order valence-electron chi connectivity index (χ0n) is 15.7. The topological polar surface area (TPSA) is 92.3 Å². The standard InChI is InChI=1S/C22H22N4O2/c1-14-2-4-16(5-3-14)20-21(23)24-12-19(25-20)15-6-8-17(9-7-15)22(28)26-11-10-18(27)13-26/h2-9,12,18,27H,10-11,13H2,1H3,(H2,23,24)/t18-/m1/s1. The summed E-state index contributed by atoms with van der Waals surface area (Å²) in [4.78, 5) is 23.2. The number of aliphatic hydroxyl groups excluding tert-OH is 1. The van der Waals surface area contributed by atoms with Crippen LogP contribution in [0.3, 0.4) is 0 Å². The van der Waals surface area contributed by atoms with Crippen molar-refractivity contribution in [3.8, 4) is 22.5 Å². The molecule has 2 heterocycles. The molecule has 4 rings (SSSR count). The second-order valence-electron chi connectivity index (χ2n) is 7.13. The quantitative estimate of drug-likeness (QED) is 0.735. The van der Waals surface area contributed by atoms with Crippen LogP contribution in [0.1, 0.15) is 22.3 Å². The number of hydrogen-bond acceptors (Lipinski definition) is 5. The zero-order chi connectivity index (χ0) is 19.7. The van der Waals surface area contributed by atoms with Crippen molar-refractivity contribution in [2.24, 2.45) is 0 Å². The Morgan fingerprint density at radius 3 is 2.43 bits per heavy atom. The molecule has 0 saturated carbocycles. The van der Waals surface area contributed by atoms with Crippen molar-refractivity contribution in [1.82, 2.24) is 14.9 Å². The van der Waals surface area contributed by atoms with E-state index in [0.29, 0.717) is 42.3 Å². The molecule has 0 bridgehead atoms. The first kappa shape index (κ1) is 18.1. The maximum atomic E-state index is 12.5. The highest BCUT2D eigenvalue weighted by Gasteiger charge is 2.25. The van der Waals surface area contributed by atoms with E-state index in [2.05, 4.69) is 9.97 Å². The van der Waals surface area contributed by atoms with E-state index in [1.807, 2.05) is 43.3 Å². The fourth-order valence-corrected chi connectivity index (χ4v) is 3.35. The second kappa shape index (κ2) is 7.40. The molecule has 1 aliphatic rings. The Hall–Kier alpha value is -3.25. The van der Waals surface area contributed by atoms with Crippen LogP contribution in [0.4, 0.5) is 5.82 Å². The number of hydrogen-bond donors (Lipinski definition) is 2. The predicted octanol–water partition coefficient (Wildman–Crippen LogP) is 2.91. The van der Waals surface area contributed by atoms with Gasteiger partial charge in [0.2, 0.25) is 0 Å². The summed E-state index contributed by atoms with van der Waals surface area (Å²) in [6, 6.07) is 15.3. The van der Waals surface area contributed by atoms with Crippen LogP contribution in [0, 0.1) is 6.92 Å². The fourth-order valence-electron chi connectivity index (χ4n) is 3.35. The third kappa shape index (κ3) is 3.59. The number of nitrogens with zero attached hydrogens (tertiary/aromatic N) is 3. The third-order valence-electron chi connectivity index (χ3n) is 5.00. The highest BCUT2D eigenvalue weighted by Crippen LogP contribution is 2.26. The molecule has 28 heavy (non-hydrogen) atoms. The van der Waals surface area contributed by atoms with Gasteiger partial charge in [0.1, 0.15) is 11.5 Å². The molecule has 142 valence electrons. The Kier molecular flexibility index (Phi) is 4.79. The lowest BCUT2D eigenvalue weighted by Gasteiger charge is -2.15. The number of nitrogens with two attached hydrogens (primary N) is 1. The average Bonchev–Trinajstić information content (AvgIpc) is 3.15. The summed E-state index contributed by atoms with van der Waals surface area (Å²) < 4.78 is 0. The van der Waals surface area contributed by atoms with Gasteiger partial charge in [0.25, 0.3) is 5.91 Å². The molecule has 0 aliphatic carbocycles. The molecular formula is C22H22N4O2. The maximum absolute atomic E-state index is 12.5. The van der Waals surface area contributed by atoms with Gasteiger partial charge < -0.3 is 15.7 Å². The summed E-state index contributed by atoms with van der Waals surface area (Å²) in [6.45, 7) is 3.01. The van der Waals surface area contributed by atoms with Gasteiger partial charge in [0, 0.05) is 29.8 Å². The summed E-state index contributed by atoms with van der Waals surface area (Å²) in [5.41, 5.74) is 10.9. The molecule has 1 aliphatic heterocycles. The van der Waals surface area contributed by atoms with Crippen LogP contribution in [-0.4, -0.2) is 45.1 Å². The van der Waals surface area contributed by atoms with Crippen LogP contribution in [0.5, 0.6) is 0 Å². The van der Waals surface area contributed by atoms with E-state index in [0.717, 1.165) is 16.7 Å². The van der Waals surface area contributed by atoms with Crippen molar-refractivity contribution in [2.45, 2.75) is 19.4 Å². The van der Waals surface area contributed by atoms with E-state index in [9.17, 15) is 9.90 Å². The molecule has 1 saturated heterocycles. The fraction of sp³-hybridized carbons (Fsp3) is 0.227. The first-order chi connectivity index (χ1) is 13.5. The van der Waals surface area contributed by atoms with Crippen molar-refractivity contribution >= 4 is 11.7 Å². The van der Waals surface area contributed by atoms with Gasteiger partial charge in [-0.15, -0.1) is 0 Å². The van der Waals surface area contributed by atoms with Crippen LogP contribution in [-0.2, 0) is 0 Å². The predicted molar refractivity (Wildman–Crippen MR) is 109 cm³/mol. The first-order valence-corrected chi connectivity index (χ1v) is 9.28. The van der Waals surface area contributed by atoms with Gasteiger partial charge in [-0.3, -0.25) is 4.79 Å². The molecule has 1 fully saturated rings. The smallest absolute Gasteiger partial charge is 0.253 e. The normalized spacial score (nSPS) is 16.4. The van der Waals surface area contributed by atoms with Gasteiger partial charge in [0.15, 0.2) is 0 Å². The van der Waals surface area contributed by atoms with Crippen LogP contribution < -0.4 is 5.73 Å². The number of aromatic nitrogens is 2. The molecule has 6 nitrogen and oxygen atoms in total. The van der Waals surface area contributed by atoms with Gasteiger partial charge >= 0.3 is 0 Å². The lowest BCUT2D eigenvalue weighted by atomic mass is 10.1. The molecule has 1 aromatic heterocycles. The Morgan fingerprint density at radius 2 is 1.79 bits per heavy atom. The van der Waals surface area contributed by atoms with Gasteiger partial charge in [-0.2, -0.15) is 0 Å². The number of carbonyl (C=O) groups is 1. The van der Waals surface area contributed by atoms with Crippen molar-refractivity contribution in [3.05, 3.63) is 65.9 Å². The molecule has 2 aromatic carbocycles. The van der Waals surface area contributed by atoms with Crippen LogP contribution >= 0.6 is 0 Å². The number of amides is 1. The Balaban J connectivity index is 1.60. The van der Waals surface area contributed by atoms with E-state index >= 15 is 0 Å². The van der Waals surface area contributed by atoms with Crippen LogP contribution in [0.15, 0.2) is 54.7 Å². The zero-order valence-corrected chi connectivity index (χ0v) is 15.7. The minimum Gasteiger partial charge on any atom is -0.391 e. The second-order valence-corrected chi connectivity index (χ2v) is 7.13. The number of anilines is 1. The van der Waals surface area contributed by atoms with Gasteiger partial charge in [-0.1, -0.05) is 42.0 Å². The number of benzene rings is 2. The Bertz CT molecular complexity index is 1000. The summed E-state index contributed by atoms with van der Waals surface area (Å²) in [7, 11) is 0. The highest BCUT2D eigenvalue weighted by atomic mass is 16.3. The lowest BCUT2D eigenvalue weighted by Crippen LogP contribution is -2.29. The molecule has 6 heteroatoms. The van der Waals surface area contributed by atoms with Gasteiger partial charge in [-0.05, 0) is 25.5 Å². The minimum absolute atomic E-state index is 0.0631. The Labute approximate surface area is 163 Å². The van der Waals surface area contributed by atoms with Crippen molar-refractivity contribution in [1.29, 1.82) is 0 Å². The van der Waals surface area contributed by atoms with Gasteiger partial charge in [0.05, 0.1) is 18.0 Å². The number of nitrogen functional groups attached to an aromatic ring is 1. The number of carbonyl (C=O) groups excluding carboxylic acids is 1. The molecule has 0 unspecified atom stereocenters. The molecule has 0 spiro atoms. The molecule has 1 atom stereocenters. The highest BCUT2D eigenvalue weighted by molar-refractivity contribution is 5.95. The minimum atomic E-state index is -0.423. The monoisotopic (exact) mass is 374 g/mol. The van der Waals surface area contributed by atoms with Crippen molar-refractivity contribution in [2.75, 3.05) is 18.8 Å². The van der Waals surface area contributed by atoms with E-state index in [1.54, 1.807) is 23.2 Å². The number of aryl methyl sites for hydroxylation is 1. The van der Waals surface area contributed by atoms with Crippen LogP contribution in [0.2, 0.25) is 0 Å². The average molecular weight is 374 g/mol. The van der Waals surface area contributed by atoms with Crippen molar-refractivity contribution < 1.29 is 9.90 Å². The molecular weight excluding hydrogens is 352 g/mol. The molecule has 3 N–H and O–H groups in total. The molecule has 3 aromatic rings. The largest absolute Gasteiger partial charge is 0.391 e. The third-order valence-corrected chi connectivity index (χ3v) is 5.00. The number of rotatable bonds is 3. The lowest BCUT2D eigenvalue weighted by molar-refractivity contribution is 0.0765.